The van der Waals surface area contributed by atoms with Crippen molar-refractivity contribution in [3.63, 3.8) is 0 Å². The number of rotatable bonds is 6. The molecule has 0 saturated heterocycles. The molecule has 3 aromatic heterocycles. The summed E-state index contributed by atoms with van der Waals surface area (Å²) in [7, 11) is 4.15. The molecule has 27 heavy (non-hydrogen) atoms. The molecule has 0 aliphatic carbocycles. The number of anilines is 1. The van der Waals surface area contributed by atoms with Gasteiger partial charge in [0.15, 0.2) is 5.82 Å². The normalized spacial score (nSPS) is 12.7. The van der Waals surface area contributed by atoms with Crippen molar-refractivity contribution in [2.24, 2.45) is 0 Å². The maximum Gasteiger partial charge on any atom is 0.153 e. The molecular formula is C20H21ClN6. The zero-order valence-corrected chi connectivity index (χ0v) is 16.1. The largest absolute Gasteiger partial charge is 0.361 e. The molecule has 0 aliphatic rings. The third kappa shape index (κ3) is 3.72. The van der Waals surface area contributed by atoms with Gasteiger partial charge in [0.1, 0.15) is 5.52 Å². The van der Waals surface area contributed by atoms with Crippen LogP contribution in [0.25, 0.3) is 16.6 Å². The van der Waals surface area contributed by atoms with Crippen molar-refractivity contribution >= 4 is 34.0 Å². The monoisotopic (exact) mass is 380 g/mol. The molecule has 0 saturated carbocycles. The second kappa shape index (κ2) is 7.50. The number of pyridine rings is 1. The average molecular weight is 381 g/mol. The minimum Gasteiger partial charge on any atom is -0.361 e. The zero-order chi connectivity index (χ0) is 18.8. The van der Waals surface area contributed by atoms with Gasteiger partial charge < -0.3 is 10.2 Å². The van der Waals surface area contributed by atoms with Gasteiger partial charge in [-0.25, -0.2) is 9.97 Å². The summed E-state index contributed by atoms with van der Waals surface area (Å²) < 4.78 is 2.02. The molecule has 1 N–H and O–H groups in total. The molecule has 138 valence electrons. The Bertz CT molecular complexity index is 1060. The van der Waals surface area contributed by atoms with Crippen LogP contribution in [-0.2, 0) is 0 Å². The van der Waals surface area contributed by atoms with Crippen molar-refractivity contribution in [2.45, 2.75) is 12.5 Å². The highest BCUT2D eigenvalue weighted by Crippen LogP contribution is 2.28. The number of hydrogen-bond acceptors (Lipinski definition) is 5. The van der Waals surface area contributed by atoms with Crippen LogP contribution in [0.2, 0.25) is 5.02 Å². The van der Waals surface area contributed by atoms with E-state index in [0.29, 0.717) is 5.02 Å². The van der Waals surface area contributed by atoms with E-state index in [-0.39, 0.29) is 6.04 Å². The number of aromatic nitrogens is 4. The Morgan fingerprint density at radius 2 is 2.04 bits per heavy atom. The van der Waals surface area contributed by atoms with Gasteiger partial charge in [0.2, 0.25) is 0 Å². The minimum atomic E-state index is 0.0945. The number of halogens is 1. The first kappa shape index (κ1) is 17.7. The topological polar surface area (TPSA) is 58.4 Å². The second-order valence-corrected chi connectivity index (χ2v) is 7.25. The minimum absolute atomic E-state index is 0.0945. The average Bonchev–Trinajstić information content (AvgIpc) is 3.16. The Balaban J connectivity index is 1.77. The first-order valence-electron chi connectivity index (χ1n) is 8.84. The highest BCUT2D eigenvalue weighted by atomic mass is 35.5. The number of imidazole rings is 1. The number of nitrogens with one attached hydrogen (secondary N) is 1. The summed E-state index contributed by atoms with van der Waals surface area (Å²) >= 11 is 6.17. The van der Waals surface area contributed by atoms with E-state index < -0.39 is 0 Å². The quantitative estimate of drug-likeness (QED) is 0.547. The van der Waals surface area contributed by atoms with Crippen molar-refractivity contribution in [1.29, 1.82) is 0 Å². The maximum absolute atomic E-state index is 6.17. The van der Waals surface area contributed by atoms with Crippen molar-refractivity contribution in [2.75, 3.05) is 26.0 Å². The number of benzene rings is 1. The van der Waals surface area contributed by atoms with Crippen molar-refractivity contribution < 1.29 is 0 Å². The van der Waals surface area contributed by atoms with E-state index in [1.54, 1.807) is 12.5 Å². The summed E-state index contributed by atoms with van der Waals surface area (Å²) in [5, 5.41) is 4.29. The molecule has 0 amide bonds. The van der Waals surface area contributed by atoms with Gasteiger partial charge in [-0.3, -0.25) is 9.38 Å². The fraction of sp³-hybridized carbons (Fsp3) is 0.250. The fourth-order valence-corrected chi connectivity index (χ4v) is 3.35. The van der Waals surface area contributed by atoms with E-state index in [1.165, 1.54) is 0 Å². The van der Waals surface area contributed by atoms with E-state index in [1.807, 2.05) is 41.1 Å². The molecule has 1 atom stereocenters. The summed E-state index contributed by atoms with van der Waals surface area (Å²) in [4.78, 5) is 15.6. The van der Waals surface area contributed by atoms with Crippen LogP contribution in [0.5, 0.6) is 0 Å². The van der Waals surface area contributed by atoms with E-state index in [4.69, 9.17) is 16.6 Å². The van der Waals surface area contributed by atoms with Gasteiger partial charge >= 0.3 is 0 Å². The van der Waals surface area contributed by atoms with Crippen LogP contribution in [0.4, 0.5) is 5.82 Å². The lowest BCUT2D eigenvalue weighted by molar-refractivity contribution is 0.387. The van der Waals surface area contributed by atoms with Gasteiger partial charge in [-0.2, -0.15) is 0 Å². The first-order chi connectivity index (χ1) is 13.1. The molecule has 7 heteroatoms. The molecule has 1 unspecified atom stereocenters. The van der Waals surface area contributed by atoms with Crippen LogP contribution in [-0.4, -0.2) is 44.9 Å². The van der Waals surface area contributed by atoms with Gasteiger partial charge in [0.25, 0.3) is 0 Å². The van der Waals surface area contributed by atoms with E-state index in [9.17, 15) is 0 Å². The van der Waals surface area contributed by atoms with Gasteiger partial charge in [0, 0.05) is 17.4 Å². The SMILES string of the molecule is CN(C)CCC(Nc1nc2ccc(Cl)cc2n2cncc12)c1cccnc1. The highest BCUT2D eigenvalue weighted by molar-refractivity contribution is 6.31. The van der Waals surface area contributed by atoms with Crippen LogP contribution < -0.4 is 5.32 Å². The summed E-state index contributed by atoms with van der Waals surface area (Å²) in [6.07, 6.45) is 8.24. The lowest BCUT2D eigenvalue weighted by atomic mass is 10.1. The van der Waals surface area contributed by atoms with Crippen LogP contribution in [0.15, 0.2) is 55.2 Å². The Hall–Kier alpha value is -2.70. The van der Waals surface area contributed by atoms with Crippen LogP contribution in [0.3, 0.4) is 0 Å². The third-order valence-electron chi connectivity index (χ3n) is 4.57. The van der Waals surface area contributed by atoms with Crippen LogP contribution >= 0.6 is 11.6 Å². The molecular weight excluding hydrogens is 360 g/mol. The maximum atomic E-state index is 6.17. The van der Waals surface area contributed by atoms with Crippen LogP contribution in [0.1, 0.15) is 18.0 Å². The van der Waals surface area contributed by atoms with E-state index in [2.05, 4.69) is 40.3 Å². The lowest BCUT2D eigenvalue weighted by Crippen LogP contribution is -2.20. The molecule has 3 heterocycles. The van der Waals surface area contributed by atoms with Crippen LogP contribution in [0, 0.1) is 0 Å². The first-order valence-corrected chi connectivity index (χ1v) is 9.22. The molecule has 1 aromatic carbocycles. The number of fused-ring (bicyclic) bond motifs is 3. The summed E-state index contributed by atoms with van der Waals surface area (Å²) in [5.41, 5.74) is 3.86. The number of nitrogens with zero attached hydrogens (tertiary/aromatic N) is 5. The van der Waals surface area contributed by atoms with Gasteiger partial charge in [-0.15, -0.1) is 0 Å². The molecule has 0 bridgehead atoms. The summed E-state index contributed by atoms with van der Waals surface area (Å²) in [6, 6.07) is 9.85. The van der Waals surface area contributed by atoms with Gasteiger partial charge in [0.05, 0.1) is 29.6 Å². The smallest absolute Gasteiger partial charge is 0.153 e. The predicted molar refractivity (Wildman–Crippen MR) is 109 cm³/mol. The molecule has 0 fully saturated rings. The highest BCUT2D eigenvalue weighted by Gasteiger charge is 2.16. The number of hydrogen-bond donors (Lipinski definition) is 1. The molecule has 4 rings (SSSR count). The standard InChI is InChI=1S/C20H21ClN6/c1-26(2)9-7-16(14-4-3-8-22-11-14)24-20-19-12-23-13-27(19)18-10-15(21)5-6-17(18)25-20/h3-6,8,10-13,16H,7,9H2,1-2H3,(H,24,25). The lowest BCUT2D eigenvalue weighted by Gasteiger charge is -2.22. The van der Waals surface area contributed by atoms with Crippen molar-refractivity contribution in [3.8, 4) is 0 Å². The summed E-state index contributed by atoms with van der Waals surface area (Å²) in [6.45, 7) is 0.950. The third-order valence-corrected chi connectivity index (χ3v) is 4.81. The second-order valence-electron chi connectivity index (χ2n) is 6.82. The van der Waals surface area contributed by atoms with Crippen molar-refractivity contribution in [3.05, 3.63) is 65.8 Å². The van der Waals surface area contributed by atoms with E-state index in [0.717, 1.165) is 40.9 Å². The van der Waals surface area contributed by atoms with Gasteiger partial charge in [-0.1, -0.05) is 17.7 Å². The molecule has 0 spiro atoms. The zero-order valence-electron chi connectivity index (χ0n) is 15.3. The molecule has 0 aliphatic heterocycles. The fourth-order valence-electron chi connectivity index (χ4n) is 3.19. The Labute approximate surface area is 162 Å². The van der Waals surface area contributed by atoms with Gasteiger partial charge in [-0.05, 0) is 56.9 Å². The summed E-state index contributed by atoms with van der Waals surface area (Å²) in [5.74, 6) is 0.801. The molecule has 6 nitrogen and oxygen atoms in total. The molecule has 0 radical (unpaired) electrons. The van der Waals surface area contributed by atoms with E-state index >= 15 is 0 Å². The molecule has 4 aromatic rings. The Morgan fingerprint density at radius 1 is 1.15 bits per heavy atom. The predicted octanol–water partition coefficient (Wildman–Crippen LogP) is 4.04. The Morgan fingerprint density at radius 3 is 2.81 bits per heavy atom. The van der Waals surface area contributed by atoms with Crippen molar-refractivity contribution in [1.82, 2.24) is 24.3 Å². The Kier molecular flexibility index (Phi) is 4.92.